The number of nitrogens with one attached hydrogen (secondary N) is 1. The van der Waals surface area contributed by atoms with Crippen molar-refractivity contribution in [1.29, 1.82) is 0 Å². The maximum absolute atomic E-state index is 11.1. The molecule has 0 saturated heterocycles. The van der Waals surface area contributed by atoms with Gasteiger partial charge in [0.1, 0.15) is 6.61 Å². The summed E-state index contributed by atoms with van der Waals surface area (Å²) in [5, 5.41) is 2.60. The van der Waals surface area contributed by atoms with Gasteiger partial charge < -0.3 is 4.74 Å². The first-order chi connectivity index (χ1) is 6.74. The SMILES string of the molecule is C=CCOC(=O)Nc1ccc[c]c1C. The Hall–Kier alpha value is -1.77. The summed E-state index contributed by atoms with van der Waals surface area (Å²) in [5.74, 6) is 0. The molecule has 0 fully saturated rings. The van der Waals surface area contributed by atoms with E-state index in [2.05, 4.69) is 18.0 Å². The lowest BCUT2D eigenvalue weighted by atomic mass is 10.2. The lowest BCUT2D eigenvalue weighted by Gasteiger charge is -2.06. The Bertz CT molecular complexity index is 334. The lowest BCUT2D eigenvalue weighted by Crippen LogP contribution is -2.14. The first kappa shape index (κ1) is 10.3. The molecular weight excluding hydrogens is 178 g/mol. The first-order valence-corrected chi connectivity index (χ1v) is 4.26. The van der Waals surface area contributed by atoms with Gasteiger partial charge in [-0.05, 0) is 24.6 Å². The van der Waals surface area contributed by atoms with Gasteiger partial charge in [0, 0.05) is 5.69 Å². The molecule has 0 aliphatic rings. The minimum Gasteiger partial charge on any atom is -0.445 e. The zero-order chi connectivity index (χ0) is 10.4. The van der Waals surface area contributed by atoms with Gasteiger partial charge in [-0.25, -0.2) is 4.79 Å². The first-order valence-electron chi connectivity index (χ1n) is 4.26. The van der Waals surface area contributed by atoms with Gasteiger partial charge in [-0.15, -0.1) is 0 Å². The molecule has 0 aromatic heterocycles. The Morgan fingerprint density at radius 1 is 1.79 bits per heavy atom. The van der Waals surface area contributed by atoms with Crippen LogP contribution in [0.3, 0.4) is 0 Å². The Kier molecular flexibility index (Phi) is 3.73. The molecule has 1 rings (SSSR count). The van der Waals surface area contributed by atoms with Crippen molar-refractivity contribution in [3.05, 3.63) is 42.5 Å². The molecule has 0 aliphatic carbocycles. The highest BCUT2D eigenvalue weighted by molar-refractivity contribution is 5.85. The zero-order valence-corrected chi connectivity index (χ0v) is 8.04. The third kappa shape index (κ3) is 2.94. The van der Waals surface area contributed by atoms with Gasteiger partial charge >= 0.3 is 6.09 Å². The number of ether oxygens (including phenoxy) is 1. The monoisotopic (exact) mass is 190 g/mol. The Morgan fingerprint density at radius 3 is 3.21 bits per heavy atom. The molecule has 0 saturated carbocycles. The lowest BCUT2D eigenvalue weighted by molar-refractivity contribution is 0.174. The van der Waals surface area contributed by atoms with Crippen LogP contribution in [0.25, 0.3) is 0 Å². The van der Waals surface area contributed by atoms with E-state index in [1.807, 2.05) is 6.92 Å². The fraction of sp³-hybridized carbons (Fsp3) is 0.182. The maximum atomic E-state index is 11.1. The van der Waals surface area contributed by atoms with E-state index in [1.54, 1.807) is 18.2 Å². The number of hydrogen-bond acceptors (Lipinski definition) is 2. The molecule has 0 heterocycles. The van der Waals surface area contributed by atoms with Crippen LogP contribution in [0, 0.1) is 13.0 Å². The van der Waals surface area contributed by atoms with E-state index in [0.29, 0.717) is 5.69 Å². The standard InChI is InChI=1S/C11H12NO2/c1-3-8-14-11(13)12-10-7-5-4-6-9(10)2/h3-5,7H,1,8H2,2H3,(H,12,13). The van der Waals surface area contributed by atoms with Crippen LogP contribution in [-0.2, 0) is 4.74 Å². The van der Waals surface area contributed by atoms with E-state index in [9.17, 15) is 4.79 Å². The number of carbonyl (C=O) groups excluding carboxylic acids is 1. The number of amides is 1. The van der Waals surface area contributed by atoms with Crippen molar-refractivity contribution in [3.8, 4) is 0 Å². The van der Waals surface area contributed by atoms with Crippen LogP contribution >= 0.6 is 0 Å². The van der Waals surface area contributed by atoms with Crippen LogP contribution in [0.1, 0.15) is 5.56 Å². The van der Waals surface area contributed by atoms with E-state index in [1.165, 1.54) is 6.08 Å². The molecule has 73 valence electrons. The number of hydrogen-bond donors (Lipinski definition) is 1. The Morgan fingerprint density at radius 2 is 2.57 bits per heavy atom. The topological polar surface area (TPSA) is 38.3 Å². The van der Waals surface area contributed by atoms with E-state index in [0.717, 1.165) is 5.56 Å². The smallest absolute Gasteiger partial charge is 0.411 e. The van der Waals surface area contributed by atoms with Gasteiger partial charge in [-0.1, -0.05) is 24.8 Å². The zero-order valence-electron chi connectivity index (χ0n) is 8.04. The number of anilines is 1. The average molecular weight is 190 g/mol. The summed E-state index contributed by atoms with van der Waals surface area (Å²) < 4.78 is 4.77. The molecule has 0 spiro atoms. The highest BCUT2D eigenvalue weighted by Crippen LogP contribution is 2.12. The fourth-order valence-electron chi connectivity index (χ4n) is 0.936. The van der Waals surface area contributed by atoms with Crippen LogP contribution < -0.4 is 5.32 Å². The van der Waals surface area contributed by atoms with Crippen molar-refractivity contribution in [2.45, 2.75) is 6.92 Å². The predicted octanol–water partition coefficient (Wildman–Crippen LogP) is 2.53. The van der Waals surface area contributed by atoms with E-state index < -0.39 is 6.09 Å². The average Bonchev–Trinajstić information content (AvgIpc) is 2.18. The number of aryl methyl sites for hydroxylation is 1. The predicted molar refractivity (Wildman–Crippen MR) is 55.2 cm³/mol. The third-order valence-electron chi connectivity index (χ3n) is 1.63. The number of benzene rings is 1. The van der Waals surface area contributed by atoms with Crippen molar-refractivity contribution < 1.29 is 9.53 Å². The van der Waals surface area contributed by atoms with Crippen molar-refractivity contribution in [2.75, 3.05) is 11.9 Å². The summed E-state index contributed by atoms with van der Waals surface area (Å²) in [5.41, 5.74) is 1.59. The van der Waals surface area contributed by atoms with Crippen LogP contribution in [-0.4, -0.2) is 12.7 Å². The molecule has 0 aliphatic heterocycles. The minimum atomic E-state index is -0.479. The number of carbonyl (C=O) groups is 1. The molecular formula is C11H12NO2. The van der Waals surface area contributed by atoms with Crippen LogP contribution in [0.4, 0.5) is 10.5 Å². The molecule has 1 radical (unpaired) electrons. The van der Waals surface area contributed by atoms with Crippen LogP contribution in [0.2, 0.25) is 0 Å². The maximum Gasteiger partial charge on any atom is 0.411 e. The second-order valence-corrected chi connectivity index (χ2v) is 2.72. The second kappa shape index (κ2) is 5.07. The van der Waals surface area contributed by atoms with Crippen molar-refractivity contribution in [1.82, 2.24) is 0 Å². The highest BCUT2D eigenvalue weighted by Gasteiger charge is 2.03. The molecule has 1 amide bonds. The number of rotatable bonds is 3. The molecule has 0 atom stereocenters. The molecule has 3 nitrogen and oxygen atoms in total. The normalized spacial score (nSPS) is 9.21. The third-order valence-corrected chi connectivity index (χ3v) is 1.63. The van der Waals surface area contributed by atoms with Gasteiger partial charge in [0.05, 0.1) is 0 Å². The summed E-state index contributed by atoms with van der Waals surface area (Å²) >= 11 is 0. The van der Waals surface area contributed by atoms with Gasteiger partial charge in [-0.3, -0.25) is 5.32 Å². The fourth-order valence-corrected chi connectivity index (χ4v) is 0.936. The van der Waals surface area contributed by atoms with E-state index in [-0.39, 0.29) is 6.61 Å². The Balaban J connectivity index is 2.56. The summed E-state index contributed by atoms with van der Waals surface area (Å²) in [6, 6.07) is 8.35. The Labute approximate surface area is 83.4 Å². The summed E-state index contributed by atoms with van der Waals surface area (Å²) in [6.07, 6.45) is 1.04. The van der Waals surface area contributed by atoms with E-state index >= 15 is 0 Å². The van der Waals surface area contributed by atoms with Gasteiger partial charge in [0.15, 0.2) is 0 Å². The van der Waals surface area contributed by atoms with Crippen molar-refractivity contribution >= 4 is 11.8 Å². The quantitative estimate of drug-likeness (QED) is 0.744. The largest absolute Gasteiger partial charge is 0.445 e. The minimum absolute atomic E-state index is 0.210. The summed E-state index contributed by atoms with van der Waals surface area (Å²) in [7, 11) is 0. The van der Waals surface area contributed by atoms with Gasteiger partial charge in [0.2, 0.25) is 0 Å². The molecule has 1 aromatic carbocycles. The molecule has 0 unspecified atom stereocenters. The summed E-state index contributed by atoms with van der Waals surface area (Å²) in [6.45, 7) is 5.52. The van der Waals surface area contributed by atoms with Gasteiger partial charge in [0.25, 0.3) is 0 Å². The van der Waals surface area contributed by atoms with Crippen molar-refractivity contribution in [2.24, 2.45) is 0 Å². The molecule has 1 aromatic rings. The van der Waals surface area contributed by atoms with Gasteiger partial charge in [-0.2, -0.15) is 0 Å². The molecule has 1 N–H and O–H groups in total. The van der Waals surface area contributed by atoms with E-state index in [4.69, 9.17) is 4.74 Å². The summed E-state index contributed by atoms with van der Waals surface area (Å²) in [4.78, 5) is 11.1. The van der Waals surface area contributed by atoms with Crippen LogP contribution in [0.15, 0.2) is 30.9 Å². The second-order valence-electron chi connectivity index (χ2n) is 2.72. The molecule has 0 bridgehead atoms. The molecule has 3 heteroatoms. The molecule has 14 heavy (non-hydrogen) atoms. The van der Waals surface area contributed by atoms with Crippen molar-refractivity contribution in [3.63, 3.8) is 0 Å². The highest BCUT2D eigenvalue weighted by atomic mass is 16.5. The van der Waals surface area contributed by atoms with Crippen LogP contribution in [0.5, 0.6) is 0 Å².